The minimum Gasteiger partial charge on any atom is -0.475 e. The first-order chi connectivity index (χ1) is 7.41. The zero-order chi connectivity index (χ0) is 12.3. The monoisotopic (exact) mass is 242 g/mol. The first kappa shape index (κ1) is 12.2. The van der Waals surface area contributed by atoms with Gasteiger partial charge in [-0.15, -0.1) is 5.10 Å². The van der Waals surface area contributed by atoms with Crippen molar-refractivity contribution in [1.29, 1.82) is 0 Å². The van der Waals surface area contributed by atoms with Gasteiger partial charge in [0, 0.05) is 12.1 Å². The van der Waals surface area contributed by atoms with Crippen LogP contribution in [0.4, 0.5) is 0 Å². The number of carboxylic acids is 1. The van der Waals surface area contributed by atoms with Crippen molar-refractivity contribution < 1.29 is 14.7 Å². The Labute approximate surface area is 95.8 Å². The molecule has 0 radical (unpaired) electrons. The number of aromatic amines is 1. The molecule has 1 rings (SSSR count). The maximum Gasteiger partial charge on any atom is 0.375 e. The fraction of sp³-hybridized carbons (Fsp3) is 0.375. The van der Waals surface area contributed by atoms with Crippen molar-refractivity contribution in [2.75, 3.05) is 0 Å². The Kier molecular flexibility index (Phi) is 3.67. The number of Topliss-reactive ketones (excluding diaryl/α,β-unsaturated/α-hetero) is 1. The molecule has 1 aromatic heterocycles. The molecule has 0 aromatic carbocycles. The number of rotatable bonds is 4. The molecule has 0 unspecified atom stereocenters. The zero-order valence-corrected chi connectivity index (χ0v) is 9.54. The van der Waals surface area contributed by atoms with E-state index in [1.807, 2.05) is 0 Å². The number of aromatic carboxylic acids is 1. The summed E-state index contributed by atoms with van der Waals surface area (Å²) in [6.45, 7) is 3.04. The number of carbonyl (C=O) groups excluding carboxylic acids is 1. The predicted octanol–water partition coefficient (Wildman–Crippen LogP) is 0.842. The van der Waals surface area contributed by atoms with E-state index in [9.17, 15) is 9.59 Å². The van der Waals surface area contributed by atoms with Crippen LogP contribution in [0.2, 0.25) is 0 Å². The van der Waals surface area contributed by atoms with Crippen molar-refractivity contribution in [3.8, 4) is 0 Å². The highest BCUT2D eigenvalue weighted by Crippen LogP contribution is 1.99. The van der Waals surface area contributed by atoms with E-state index in [2.05, 4.69) is 15.3 Å². The maximum atomic E-state index is 10.8. The standard InChI is InChI=1S/C8H10N4O3S/c1-4(3-5(2)13)11-12-6(7(14)15)9-10-8(12)16/h3H2,1-2H3,(H,10,16)(H,14,15). The van der Waals surface area contributed by atoms with Crippen molar-refractivity contribution in [1.82, 2.24) is 14.9 Å². The molecule has 7 nitrogen and oxygen atoms in total. The quantitative estimate of drug-likeness (QED) is 0.602. The van der Waals surface area contributed by atoms with Crippen molar-refractivity contribution in [3.05, 3.63) is 10.6 Å². The third-order valence-electron chi connectivity index (χ3n) is 1.62. The Morgan fingerprint density at radius 2 is 2.19 bits per heavy atom. The summed E-state index contributed by atoms with van der Waals surface area (Å²) in [5, 5.41) is 18.5. The van der Waals surface area contributed by atoms with Gasteiger partial charge in [-0.05, 0) is 26.1 Å². The van der Waals surface area contributed by atoms with Gasteiger partial charge in [0.05, 0.1) is 0 Å². The highest BCUT2D eigenvalue weighted by Gasteiger charge is 2.13. The molecule has 0 spiro atoms. The van der Waals surface area contributed by atoms with E-state index in [0.29, 0.717) is 5.71 Å². The maximum absolute atomic E-state index is 10.8. The van der Waals surface area contributed by atoms with E-state index in [1.165, 1.54) is 6.92 Å². The molecule has 86 valence electrons. The molecule has 8 heteroatoms. The van der Waals surface area contributed by atoms with Gasteiger partial charge < -0.3 is 5.11 Å². The van der Waals surface area contributed by atoms with Crippen LogP contribution in [0.5, 0.6) is 0 Å². The number of hydrogen-bond donors (Lipinski definition) is 2. The lowest BCUT2D eigenvalue weighted by molar-refractivity contribution is -0.115. The van der Waals surface area contributed by atoms with Gasteiger partial charge >= 0.3 is 5.97 Å². The zero-order valence-electron chi connectivity index (χ0n) is 8.72. The van der Waals surface area contributed by atoms with Crippen molar-refractivity contribution in [2.24, 2.45) is 5.10 Å². The highest BCUT2D eigenvalue weighted by atomic mass is 32.1. The molecule has 0 atom stereocenters. The number of nitrogens with zero attached hydrogens (tertiary/aromatic N) is 3. The van der Waals surface area contributed by atoms with Gasteiger partial charge in [-0.3, -0.25) is 4.79 Å². The normalized spacial score (nSPS) is 11.5. The van der Waals surface area contributed by atoms with Crippen LogP contribution in [0, 0.1) is 4.77 Å². The molecular weight excluding hydrogens is 232 g/mol. The lowest BCUT2D eigenvalue weighted by Gasteiger charge is -1.98. The minimum absolute atomic E-state index is 0.0619. The first-order valence-corrected chi connectivity index (χ1v) is 4.77. The number of nitrogens with one attached hydrogen (secondary N) is 1. The molecule has 0 saturated heterocycles. The molecular formula is C8H10N4O3S. The van der Waals surface area contributed by atoms with Gasteiger partial charge in [0.2, 0.25) is 4.77 Å². The van der Waals surface area contributed by atoms with Gasteiger partial charge in [0.15, 0.2) is 0 Å². The van der Waals surface area contributed by atoms with E-state index in [1.54, 1.807) is 6.92 Å². The van der Waals surface area contributed by atoms with Crippen LogP contribution in [0.1, 0.15) is 30.9 Å². The third-order valence-corrected chi connectivity index (χ3v) is 1.88. The second-order valence-electron chi connectivity index (χ2n) is 3.18. The minimum atomic E-state index is -1.24. The Morgan fingerprint density at radius 3 is 2.69 bits per heavy atom. The highest BCUT2D eigenvalue weighted by molar-refractivity contribution is 7.71. The molecule has 2 N–H and O–H groups in total. The van der Waals surface area contributed by atoms with E-state index >= 15 is 0 Å². The lowest BCUT2D eigenvalue weighted by atomic mass is 10.2. The van der Waals surface area contributed by atoms with Gasteiger partial charge in [0.25, 0.3) is 5.82 Å². The number of aromatic nitrogens is 3. The smallest absolute Gasteiger partial charge is 0.375 e. The fourth-order valence-corrected chi connectivity index (χ4v) is 1.26. The fourth-order valence-electron chi connectivity index (χ4n) is 1.09. The summed E-state index contributed by atoms with van der Waals surface area (Å²) in [5.74, 6) is -1.62. The molecule has 0 aliphatic carbocycles. The van der Waals surface area contributed by atoms with Crippen LogP contribution in [0.15, 0.2) is 5.10 Å². The van der Waals surface area contributed by atoms with Crippen LogP contribution in [-0.2, 0) is 4.79 Å². The Hall–Kier alpha value is -1.83. The SMILES string of the molecule is CC(=O)CC(C)=Nn1c(C(=O)O)n[nH]c1=S. The summed E-state index contributed by atoms with van der Waals surface area (Å²) in [6.07, 6.45) is 0.145. The second-order valence-corrected chi connectivity index (χ2v) is 3.57. The average molecular weight is 242 g/mol. The van der Waals surface area contributed by atoms with Crippen molar-refractivity contribution in [2.45, 2.75) is 20.3 Å². The van der Waals surface area contributed by atoms with Crippen LogP contribution >= 0.6 is 12.2 Å². The Balaban J connectivity index is 3.13. The van der Waals surface area contributed by atoms with Crippen LogP contribution < -0.4 is 0 Å². The molecule has 1 heterocycles. The van der Waals surface area contributed by atoms with Gasteiger partial charge in [-0.1, -0.05) is 0 Å². The molecule has 0 fully saturated rings. The van der Waals surface area contributed by atoms with Crippen LogP contribution in [0.3, 0.4) is 0 Å². The molecule has 0 amide bonds. The third kappa shape index (κ3) is 2.83. The molecule has 1 aromatic rings. The number of carbonyl (C=O) groups is 2. The first-order valence-electron chi connectivity index (χ1n) is 4.36. The lowest BCUT2D eigenvalue weighted by Crippen LogP contribution is -2.09. The number of hydrogen-bond acceptors (Lipinski definition) is 5. The van der Waals surface area contributed by atoms with Gasteiger partial charge in [0.1, 0.15) is 5.78 Å². The molecule has 0 aliphatic rings. The molecule has 0 bridgehead atoms. The van der Waals surface area contributed by atoms with Crippen LogP contribution in [-0.4, -0.2) is 37.4 Å². The number of ketones is 1. The second kappa shape index (κ2) is 4.79. The van der Waals surface area contributed by atoms with E-state index in [4.69, 9.17) is 17.3 Å². The van der Waals surface area contributed by atoms with Gasteiger partial charge in [-0.2, -0.15) is 9.78 Å². The van der Waals surface area contributed by atoms with E-state index < -0.39 is 5.97 Å². The molecule has 16 heavy (non-hydrogen) atoms. The predicted molar refractivity (Wildman–Crippen MR) is 58.2 cm³/mol. The summed E-state index contributed by atoms with van der Waals surface area (Å²) in [7, 11) is 0. The summed E-state index contributed by atoms with van der Waals surface area (Å²) in [5.41, 5.74) is 0.465. The Morgan fingerprint density at radius 1 is 1.56 bits per heavy atom. The number of H-pyrrole nitrogens is 1. The average Bonchev–Trinajstić information content (AvgIpc) is 2.46. The summed E-state index contributed by atoms with van der Waals surface area (Å²) in [4.78, 5) is 21.6. The van der Waals surface area contributed by atoms with Crippen molar-refractivity contribution >= 4 is 29.7 Å². The number of carboxylic acid groups (broad SMARTS) is 1. The van der Waals surface area contributed by atoms with E-state index in [-0.39, 0.29) is 22.8 Å². The van der Waals surface area contributed by atoms with Gasteiger partial charge in [-0.25, -0.2) is 9.89 Å². The molecule has 0 saturated carbocycles. The topological polar surface area (TPSA) is 100 Å². The summed E-state index contributed by atoms with van der Waals surface area (Å²) in [6, 6.07) is 0. The van der Waals surface area contributed by atoms with Crippen molar-refractivity contribution in [3.63, 3.8) is 0 Å². The largest absolute Gasteiger partial charge is 0.475 e. The van der Waals surface area contributed by atoms with Crippen LogP contribution in [0.25, 0.3) is 0 Å². The summed E-state index contributed by atoms with van der Waals surface area (Å²) < 4.78 is 1.05. The summed E-state index contributed by atoms with van der Waals surface area (Å²) >= 11 is 4.81. The van der Waals surface area contributed by atoms with E-state index in [0.717, 1.165) is 4.68 Å². The Bertz CT molecular complexity index is 514. The molecule has 0 aliphatic heterocycles.